The van der Waals surface area contributed by atoms with E-state index in [9.17, 15) is 13.2 Å². The number of hydrogen-bond acceptors (Lipinski definition) is 4. The van der Waals surface area contributed by atoms with E-state index in [0.29, 0.717) is 16.6 Å². The third kappa shape index (κ3) is 2.38. The molecule has 7 nitrogen and oxygen atoms in total. The van der Waals surface area contributed by atoms with Gasteiger partial charge in [-0.05, 0) is 35.7 Å². The van der Waals surface area contributed by atoms with Crippen LogP contribution in [0.2, 0.25) is 0 Å². The Labute approximate surface area is 143 Å². The highest BCUT2D eigenvalue weighted by Gasteiger charge is 2.31. The van der Waals surface area contributed by atoms with Gasteiger partial charge in [0.1, 0.15) is 5.65 Å². The number of anilines is 1. The highest BCUT2D eigenvalue weighted by Crippen LogP contribution is 2.31. The van der Waals surface area contributed by atoms with Crippen LogP contribution in [0.15, 0.2) is 59.9 Å². The molecule has 3 heterocycles. The zero-order chi connectivity index (χ0) is 17.6. The average molecular weight is 354 g/mol. The molecule has 0 atom stereocenters. The summed E-state index contributed by atoms with van der Waals surface area (Å²) in [5, 5.41) is 1.45. The maximum atomic E-state index is 13.1. The van der Waals surface area contributed by atoms with Gasteiger partial charge in [0.05, 0.1) is 10.6 Å². The second kappa shape index (κ2) is 5.45. The summed E-state index contributed by atoms with van der Waals surface area (Å²) in [5.74, 6) is -0.601. The number of aromatic amines is 2. The van der Waals surface area contributed by atoms with Crippen LogP contribution < -0.4 is 4.31 Å². The number of rotatable bonds is 3. The van der Waals surface area contributed by atoms with Crippen LogP contribution in [-0.4, -0.2) is 29.3 Å². The summed E-state index contributed by atoms with van der Waals surface area (Å²) in [4.78, 5) is 22.3. The minimum atomic E-state index is -4.07. The zero-order valence-corrected chi connectivity index (χ0v) is 14.0. The predicted octanol–water partition coefficient (Wildman–Crippen LogP) is 2.79. The molecule has 2 N–H and O–H groups in total. The van der Waals surface area contributed by atoms with Crippen LogP contribution in [0, 0.1) is 0 Å². The largest absolute Gasteiger partial charge is 0.361 e. The van der Waals surface area contributed by atoms with E-state index in [2.05, 4.69) is 15.0 Å². The molecule has 3 aromatic heterocycles. The molecular formula is C17H14N4O3S. The second-order valence-electron chi connectivity index (χ2n) is 5.59. The van der Waals surface area contributed by atoms with Crippen molar-refractivity contribution in [3.8, 4) is 0 Å². The van der Waals surface area contributed by atoms with Crippen molar-refractivity contribution in [3.63, 3.8) is 0 Å². The van der Waals surface area contributed by atoms with Crippen molar-refractivity contribution in [2.75, 3.05) is 4.31 Å². The number of H-pyrrole nitrogens is 2. The number of nitrogens with one attached hydrogen (secondary N) is 2. The number of pyridine rings is 1. The average Bonchev–Trinajstić information content (AvgIpc) is 3.21. The van der Waals surface area contributed by atoms with Crippen molar-refractivity contribution in [1.82, 2.24) is 15.0 Å². The van der Waals surface area contributed by atoms with E-state index in [1.165, 1.54) is 25.3 Å². The Hall–Kier alpha value is -3.13. The van der Waals surface area contributed by atoms with E-state index in [1.807, 2.05) is 6.07 Å². The standard InChI is InChI=1S/C17H14N4O3S/c1-11(22)21(16-10-20-17-14(16)3-2-7-19-17)25(23,24)13-5-4-12-6-8-18-15(12)9-13/h2-10,18H,1H3,(H,19,20). The van der Waals surface area contributed by atoms with Crippen LogP contribution in [0.3, 0.4) is 0 Å². The van der Waals surface area contributed by atoms with Gasteiger partial charge < -0.3 is 9.97 Å². The van der Waals surface area contributed by atoms with Gasteiger partial charge >= 0.3 is 0 Å². The summed E-state index contributed by atoms with van der Waals surface area (Å²) in [7, 11) is -4.07. The molecule has 4 rings (SSSR count). The van der Waals surface area contributed by atoms with E-state index in [4.69, 9.17) is 0 Å². The highest BCUT2D eigenvalue weighted by molar-refractivity contribution is 7.93. The molecule has 126 valence electrons. The fraction of sp³-hybridized carbons (Fsp3) is 0.0588. The van der Waals surface area contributed by atoms with Crippen molar-refractivity contribution in [2.45, 2.75) is 11.8 Å². The van der Waals surface area contributed by atoms with Crippen LogP contribution in [-0.2, 0) is 14.8 Å². The monoisotopic (exact) mass is 354 g/mol. The van der Waals surface area contributed by atoms with Gasteiger partial charge in [-0.3, -0.25) is 4.79 Å². The predicted molar refractivity (Wildman–Crippen MR) is 94.7 cm³/mol. The van der Waals surface area contributed by atoms with Gasteiger partial charge in [0.2, 0.25) is 5.91 Å². The molecule has 0 aliphatic rings. The van der Waals surface area contributed by atoms with Crippen LogP contribution in [0.25, 0.3) is 21.9 Å². The van der Waals surface area contributed by atoms with E-state index >= 15 is 0 Å². The van der Waals surface area contributed by atoms with Gasteiger partial charge in [0.15, 0.2) is 0 Å². The van der Waals surface area contributed by atoms with Gasteiger partial charge in [0, 0.05) is 36.4 Å². The summed E-state index contributed by atoms with van der Waals surface area (Å²) < 4.78 is 27.1. The van der Waals surface area contributed by atoms with Gasteiger partial charge in [-0.25, -0.2) is 17.7 Å². The molecule has 0 bridgehead atoms. The lowest BCUT2D eigenvalue weighted by atomic mass is 10.2. The van der Waals surface area contributed by atoms with E-state index in [1.54, 1.807) is 30.6 Å². The Morgan fingerprint density at radius 1 is 1.16 bits per heavy atom. The van der Waals surface area contributed by atoms with E-state index < -0.39 is 15.9 Å². The molecule has 4 aromatic rings. The number of carbonyl (C=O) groups excluding carboxylic acids is 1. The van der Waals surface area contributed by atoms with Gasteiger partial charge in [-0.15, -0.1) is 0 Å². The number of aromatic nitrogens is 3. The normalized spacial score (nSPS) is 11.9. The third-order valence-electron chi connectivity index (χ3n) is 4.00. The smallest absolute Gasteiger partial charge is 0.271 e. The first kappa shape index (κ1) is 15.4. The van der Waals surface area contributed by atoms with Gasteiger partial charge in [-0.1, -0.05) is 6.07 Å². The summed E-state index contributed by atoms with van der Waals surface area (Å²) in [5.41, 5.74) is 1.45. The van der Waals surface area contributed by atoms with Gasteiger partial charge in [-0.2, -0.15) is 0 Å². The second-order valence-corrected chi connectivity index (χ2v) is 7.38. The summed E-state index contributed by atoms with van der Waals surface area (Å²) in [6.07, 6.45) is 4.80. The first-order valence-electron chi connectivity index (χ1n) is 7.53. The first-order valence-corrected chi connectivity index (χ1v) is 8.97. The fourth-order valence-corrected chi connectivity index (χ4v) is 4.34. The summed E-state index contributed by atoms with van der Waals surface area (Å²) in [6, 6.07) is 9.97. The molecule has 0 fully saturated rings. The Morgan fingerprint density at radius 2 is 2.00 bits per heavy atom. The fourth-order valence-electron chi connectivity index (χ4n) is 2.87. The molecule has 0 aliphatic heterocycles. The minimum Gasteiger partial charge on any atom is -0.361 e. The maximum Gasteiger partial charge on any atom is 0.271 e. The van der Waals surface area contributed by atoms with E-state index in [-0.39, 0.29) is 10.6 Å². The quantitative estimate of drug-likeness (QED) is 0.591. The third-order valence-corrected chi connectivity index (χ3v) is 5.78. The zero-order valence-electron chi connectivity index (χ0n) is 13.2. The summed E-state index contributed by atoms with van der Waals surface area (Å²) >= 11 is 0. The molecule has 0 spiro atoms. The number of amides is 1. The number of carbonyl (C=O) groups is 1. The molecular weight excluding hydrogens is 340 g/mol. The van der Waals surface area contributed by atoms with Crippen molar-refractivity contribution in [3.05, 3.63) is 55.0 Å². The molecule has 0 radical (unpaired) electrons. The lowest BCUT2D eigenvalue weighted by Crippen LogP contribution is -2.35. The number of benzene rings is 1. The van der Waals surface area contributed by atoms with Crippen molar-refractivity contribution >= 4 is 43.6 Å². The summed E-state index contributed by atoms with van der Waals surface area (Å²) in [6.45, 7) is 1.22. The maximum absolute atomic E-state index is 13.1. The Balaban J connectivity index is 1.91. The Bertz CT molecular complexity index is 1210. The molecule has 1 aromatic carbocycles. The van der Waals surface area contributed by atoms with Crippen LogP contribution in [0.4, 0.5) is 5.69 Å². The lowest BCUT2D eigenvalue weighted by Gasteiger charge is -2.20. The number of nitrogens with zero attached hydrogens (tertiary/aromatic N) is 2. The van der Waals surface area contributed by atoms with Crippen molar-refractivity contribution in [1.29, 1.82) is 0 Å². The molecule has 0 saturated heterocycles. The number of fused-ring (bicyclic) bond motifs is 2. The lowest BCUT2D eigenvalue weighted by molar-refractivity contribution is -0.115. The van der Waals surface area contributed by atoms with Crippen molar-refractivity contribution < 1.29 is 13.2 Å². The number of sulfonamides is 1. The van der Waals surface area contributed by atoms with Crippen molar-refractivity contribution in [2.24, 2.45) is 0 Å². The van der Waals surface area contributed by atoms with Crippen LogP contribution >= 0.6 is 0 Å². The van der Waals surface area contributed by atoms with Gasteiger partial charge in [0.25, 0.3) is 10.0 Å². The first-order chi connectivity index (χ1) is 12.0. The molecule has 0 aliphatic carbocycles. The topological polar surface area (TPSA) is 98.9 Å². The van der Waals surface area contributed by atoms with Crippen LogP contribution in [0.1, 0.15) is 6.92 Å². The molecule has 1 amide bonds. The molecule has 0 unspecified atom stereocenters. The molecule has 0 saturated carbocycles. The number of hydrogen-bond donors (Lipinski definition) is 2. The van der Waals surface area contributed by atoms with Crippen LogP contribution in [0.5, 0.6) is 0 Å². The Kier molecular flexibility index (Phi) is 3.36. The molecule has 8 heteroatoms. The Morgan fingerprint density at radius 3 is 2.80 bits per heavy atom. The minimum absolute atomic E-state index is 0.0379. The molecule has 25 heavy (non-hydrogen) atoms. The highest BCUT2D eigenvalue weighted by atomic mass is 32.2. The SMILES string of the molecule is CC(=O)N(c1c[nH]c2ncccc12)S(=O)(=O)c1ccc2cc[nH]c2c1. The van der Waals surface area contributed by atoms with E-state index in [0.717, 1.165) is 9.69 Å².